The van der Waals surface area contributed by atoms with Crippen LogP contribution in [0, 0.1) is 6.33 Å². The first-order chi connectivity index (χ1) is 10.8. The first kappa shape index (κ1) is 18.9. The molecule has 0 bridgehead atoms. The zero-order valence-corrected chi connectivity index (χ0v) is 17.0. The van der Waals surface area contributed by atoms with Gasteiger partial charge in [0.05, 0.1) is 5.82 Å². The second-order valence-electron chi connectivity index (χ2n) is 4.79. The summed E-state index contributed by atoms with van der Waals surface area (Å²) in [7, 11) is 3.47. The molecule has 0 saturated heterocycles. The second kappa shape index (κ2) is 6.80. The Hall–Kier alpha value is -1.48. The van der Waals surface area contributed by atoms with Crippen molar-refractivity contribution < 1.29 is 32.6 Å². The summed E-state index contributed by atoms with van der Waals surface area (Å²) in [5.74, 6) is 1.25. The van der Waals surface area contributed by atoms with E-state index in [2.05, 4.69) is 26.5 Å². The predicted molar refractivity (Wildman–Crippen MR) is 78.7 cm³/mol. The molecule has 0 amide bonds. The van der Waals surface area contributed by atoms with E-state index in [-0.39, 0.29) is 30.6 Å². The van der Waals surface area contributed by atoms with Crippen LogP contribution in [0.15, 0.2) is 11.1 Å². The Bertz CT molecular complexity index is 873. The number of imidazole rings is 2. The van der Waals surface area contributed by atoms with E-state index in [1.165, 1.54) is 0 Å². The molecular formula is C13H12F3N6SZn-. The van der Waals surface area contributed by atoms with Crippen LogP contribution in [0.25, 0.3) is 22.7 Å². The second-order valence-corrected chi connectivity index (χ2v) is 6.04. The van der Waals surface area contributed by atoms with E-state index < -0.39 is 11.9 Å². The number of hydrogen-bond acceptors (Lipinski definition) is 5. The maximum atomic E-state index is 12.8. The Kier molecular flexibility index (Phi) is 5.34. The molecule has 0 saturated carbocycles. The zero-order valence-electron chi connectivity index (χ0n) is 13.2. The van der Waals surface area contributed by atoms with E-state index in [1.807, 2.05) is 6.92 Å². The van der Waals surface area contributed by atoms with Crippen LogP contribution in [0.5, 0.6) is 0 Å². The number of aromatic nitrogens is 6. The number of nitrogens with zero attached hydrogens (tertiary/aromatic N) is 6. The Morgan fingerprint density at radius 1 is 1.25 bits per heavy atom. The third-order valence-electron chi connectivity index (χ3n) is 3.22. The Balaban J connectivity index is 0.00000208. The molecular weight excluding hydrogens is 395 g/mol. The summed E-state index contributed by atoms with van der Waals surface area (Å²) in [6.45, 7) is 2.00. The van der Waals surface area contributed by atoms with Crippen molar-refractivity contribution in [3.63, 3.8) is 0 Å². The smallest absolute Gasteiger partial charge is 0.435 e. The van der Waals surface area contributed by atoms with Gasteiger partial charge in [0.2, 0.25) is 0 Å². The molecule has 6 nitrogen and oxygen atoms in total. The fourth-order valence-corrected chi connectivity index (χ4v) is 2.94. The van der Waals surface area contributed by atoms with Crippen molar-refractivity contribution in [2.75, 3.05) is 5.75 Å². The monoisotopic (exact) mass is 405 g/mol. The van der Waals surface area contributed by atoms with Gasteiger partial charge >= 0.3 is 6.18 Å². The maximum Gasteiger partial charge on any atom is 0.435 e. The third kappa shape index (κ3) is 3.19. The third-order valence-corrected chi connectivity index (χ3v) is 4.25. The molecule has 0 unspecified atom stereocenters. The number of fused-ring (bicyclic) bond motifs is 1. The van der Waals surface area contributed by atoms with E-state index in [1.54, 1.807) is 35.0 Å². The number of halogens is 3. The van der Waals surface area contributed by atoms with Gasteiger partial charge in [0.15, 0.2) is 11.3 Å². The van der Waals surface area contributed by atoms with E-state index >= 15 is 0 Å². The molecule has 0 atom stereocenters. The molecule has 0 N–H and O–H groups in total. The topological polar surface area (TPSA) is 61.4 Å². The molecule has 24 heavy (non-hydrogen) atoms. The molecule has 0 radical (unpaired) electrons. The molecule has 3 aromatic heterocycles. The Morgan fingerprint density at radius 3 is 2.58 bits per heavy atom. The molecule has 11 heteroatoms. The summed E-state index contributed by atoms with van der Waals surface area (Å²) < 4.78 is 41.6. The summed E-state index contributed by atoms with van der Waals surface area (Å²) in [6.07, 6.45) is -1.75. The van der Waals surface area contributed by atoms with Crippen molar-refractivity contribution in [3.05, 3.63) is 18.1 Å². The molecule has 0 aliphatic heterocycles. The average Bonchev–Trinajstić information content (AvgIpc) is 3.00. The summed E-state index contributed by atoms with van der Waals surface area (Å²) in [5.41, 5.74) is -0.104. The van der Waals surface area contributed by atoms with Crippen molar-refractivity contribution in [2.45, 2.75) is 18.1 Å². The number of aryl methyl sites for hydroxylation is 2. The van der Waals surface area contributed by atoms with Gasteiger partial charge in [0.1, 0.15) is 5.52 Å². The van der Waals surface area contributed by atoms with Gasteiger partial charge in [0.25, 0.3) is 0 Å². The van der Waals surface area contributed by atoms with Crippen LogP contribution in [-0.2, 0) is 39.7 Å². The van der Waals surface area contributed by atoms with Crippen molar-refractivity contribution in [1.29, 1.82) is 0 Å². The van der Waals surface area contributed by atoms with Gasteiger partial charge < -0.3 is 14.1 Å². The summed E-state index contributed by atoms with van der Waals surface area (Å²) in [6, 6.07) is 0.894. The van der Waals surface area contributed by atoms with Crippen molar-refractivity contribution >= 4 is 22.9 Å². The average molecular weight is 407 g/mol. The predicted octanol–water partition coefficient (Wildman–Crippen LogP) is 2.69. The summed E-state index contributed by atoms with van der Waals surface area (Å²) in [4.78, 5) is 8.46. The molecule has 124 valence electrons. The Morgan fingerprint density at radius 2 is 1.96 bits per heavy atom. The van der Waals surface area contributed by atoms with E-state index in [4.69, 9.17) is 0 Å². The number of rotatable bonds is 3. The quantitative estimate of drug-likeness (QED) is 0.380. The molecule has 3 aromatic rings. The minimum Gasteiger partial charge on any atom is -0.444 e. The van der Waals surface area contributed by atoms with E-state index in [0.29, 0.717) is 11.5 Å². The molecule has 0 aliphatic rings. The van der Waals surface area contributed by atoms with Crippen LogP contribution < -0.4 is 0 Å². The standard InChI is InChI=1S/C13H12F3N6S.Zn/c1-4-23-12-9(17-6-21(12)2)11-18-7-5-8(13(14,15)16)19-20-10(7)22(11)3;/h5H,4H2,1-3H3;/q-1;. The van der Waals surface area contributed by atoms with Gasteiger partial charge in [-0.15, -0.1) is 10.2 Å². The number of thioether (sulfide) groups is 1. The zero-order chi connectivity index (χ0) is 16.8. The molecule has 3 rings (SSSR count). The van der Waals surface area contributed by atoms with Crippen LogP contribution in [0.3, 0.4) is 0 Å². The van der Waals surface area contributed by atoms with Gasteiger partial charge in [0, 0.05) is 38.9 Å². The fraction of sp³-hybridized carbons (Fsp3) is 0.385. The molecule has 0 aromatic carbocycles. The van der Waals surface area contributed by atoms with Crippen LogP contribution in [-0.4, -0.2) is 35.1 Å². The van der Waals surface area contributed by atoms with Crippen LogP contribution >= 0.6 is 11.8 Å². The van der Waals surface area contributed by atoms with Gasteiger partial charge in [-0.1, -0.05) is 11.9 Å². The van der Waals surface area contributed by atoms with Gasteiger partial charge in [-0.3, -0.25) is 0 Å². The summed E-state index contributed by atoms with van der Waals surface area (Å²) >= 11 is 1.56. The number of hydrogen-bond donors (Lipinski definition) is 0. The van der Waals surface area contributed by atoms with Crippen LogP contribution in [0.2, 0.25) is 0 Å². The van der Waals surface area contributed by atoms with Crippen LogP contribution in [0.4, 0.5) is 13.2 Å². The molecule has 3 heterocycles. The van der Waals surface area contributed by atoms with Gasteiger partial charge in [-0.05, 0) is 18.5 Å². The minimum atomic E-state index is -4.55. The van der Waals surface area contributed by atoms with Crippen LogP contribution in [0.1, 0.15) is 12.6 Å². The maximum absolute atomic E-state index is 12.8. The first-order valence-corrected chi connectivity index (χ1v) is 7.66. The van der Waals surface area contributed by atoms with Gasteiger partial charge in [-0.2, -0.15) is 24.9 Å². The van der Waals surface area contributed by atoms with Gasteiger partial charge in [-0.25, -0.2) is 4.98 Å². The minimum absolute atomic E-state index is 0. The van der Waals surface area contributed by atoms with Crippen molar-refractivity contribution in [3.8, 4) is 11.5 Å². The SMILES string of the molecule is CCSc1c(-c2nc3cc(C(F)(F)F)nnc3n2C)n[c-]n1C.[Zn]. The Labute approximate surface area is 152 Å². The van der Waals surface area contributed by atoms with Crippen molar-refractivity contribution in [2.24, 2.45) is 14.1 Å². The van der Waals surface area contributed by atoms with E-state index in [0.717, 1.165) is 16.8 Å². The summed E-state index contributed by atoms with van der Waals surface area (Å²) in [5, 5.41) is 7.73. The number of alkyl halides is 3. The molecule has 0 fully saturated rings. The normalized spacial score (nSPS) is 11.8. The molecule has 0 spiro atoms. The van der Waals surface area contributed by atoms with E-state index in [9.17, 15) is 13.2 Å². The molecule has 0 aliphatic carbocycles. The largest absolute Gasteiger partial charge is 0.444 e. The fourth-order valence-electron chi connectivity index (χ4n) is 2.16. The van der Waals surface area contributed by atoms with Crippen molar-refractivity contribution in [1.82, 2.24) is 29.3 Å². The first-order valence-electron chi connectivity index (χ1n) is 6.67.